The largest absolute Gasteiger partial charge is 0.376 e. The van der Waals surface area contributed by atoms with E-state index >= 15 is 0 Å². The normalized spacial score (nSPS) is 15.6. The van der Waals surface area contributed by atoms with Gasteiger partial charge in [0.1, 0.15) is 11.5 Å². The fourth-order valence-electron chi connectivity index (χ4n) is 3.67. The van der Waals surface area contributed by atoms with Crippen LogP contribution in [0.5, 0.6) is 0 Å². The zero-order valence-corrected chi connectivity index (χ0v) is 17.6. The topological polar surface area (TPSA) is 95.2 Å². The predicted molar refractivity (Wildman–Crippen MR) is 116 cm³/mol. The summed E-state index contributed by atoms with van der Waals surface area (Å²) < 4.78 is 21.6. The number of carbonyl (C=O) groups is 1. The molecule has 8 nitrogen and oxygen atoms in total. The zero-order chi connectivity index (χ0) is 22.7. The third-order valence-corrected chi connectivity index (χ3v) is 5.29. The van der Waals surface area contributed by atoms with Crippen LogP contribution in [-0.4, -0.2) is 39.5 Å². The number of halogens is 1. The molecule has 0 radical (unpaired) electrons. The summed E-state index contributed by atoms with van der Waals surface area (Å²) in [6, 6.07) is 12.8. The summed E-state index contributed by atoms with van der Waals surface area (Å²) in [6.07, 6.45) is 1.58. The molecule has 1 aliphatic heterocycles. The van der Waals surface area contributed by atoms with Crippen LogP contribution in [0.3, 0.4) is 0 Å². The molecule has 166 valence electrons. The van der Waals surface area contributed by atoms with E-state index in [0.29, 0.717) is 12.2 Å². The van der Waals surface area contributed by atoms with Crippen molar-refractivity contribution in [2.24, 2.45) is 0 Å². The zero-order valence-electron chi connectivity index (χ0n) is 17.6. The molecule has 9 heteroatoms. The quantitative estimate of drug-likeness (QED) is 0.633. The SMILES string of the molecule is Cc1cccc(Cn2c(=O)c(C(=O)NC[C@@H]3CCCO3)nn(-c3ccccc3F)c2=O)c1. The van der Waals surface area contributed by atoms with E-state index in [1.165, 1.54) is 18.2 Å². The highest BCUT2D eigenvalue weighted by atomic mass is 19.1. The number of ether oxygens (including phenoxy) is 1. The summed E-state index contributed by atoms with van der Waals surface area (Å²) in [5.41, 5.74) is -0.664. The molecular formula is C23H23FN4O4. The number of nitrogens with zero attached hydrogens (tertiary/aromatic N) is 3. The van der Waals surface area contributed by atoms with Crippen LogP contribution in [0.25, 0.3) is 5.69 Å². The number of aryl methyl sites for hydroxylation is 1. The molecule has 1 aromatic heterocycles. The van der Waals surface area contributed by atoms with E-state index in [2.05, 4.69) is 10.4 Å². The predicted octanol–water partition coefficient (Wildman–Crippen LogP) is 1.80. The van der Waals surface area contributed by atoms with Crippen LogP contribution in [0.4, 0.5) is 4.39 Å². The number of aromatic nitrogens is 3. The molecule has 4 rings (SSSR count). The average molecular weight is 438 g/mol. The van der Waals surface area contributed by atoms with Gasteiger partial charge >= 0.3 is 5.69 Å². The van der Waals surface area contributed by atoms with Gasteiger partial charge in [-0.05, 0) is 37.5 Å². The molecule has 1 aliphatic rings. The average Bonchev–Trinajstić information content (AvgIpc) is 3.30. The number of rotatable bonds is 6. The van der Waals surface area contributed by atoms with Gasteiger partial charge in [-0.2, -0.15) is 9.78 Å². The monoisotopic (exact) mass is 438 g/mol. The van der Waals surface area contributed by atoms with Crippen molar-refractivity contribution >= 4 is 5.91 Å². The first-order valence-electron chi connectivity index (χ1n) is 10.4. The molecule has 1 amide bonds. The Morgan fingerprint density at radius 3 is 2.75 bits per heavy atom. The first-order chi connectivity index (χ1) is 15.4. The molecule has 0 bridgehead atoms. The number of benzene rings is 2. The summed E-state index contributed by atoms with van der Waals surface area (Å²) in [4.78, 5) is 39.0. The van der Waals surface area contributed by atoms with Crippen molar-refractivity contribution in [1.82, 2.24) is 19.7 Å². The fraction of sp³-hybridized carbons (Fsp3) is 0.304. The Morgan fingerprint density at radius 2 is 2.03 bits per heavy atom. The number of amides is 1. The molecule has 0 spiro atoms. The Kier molecular flexibility index (Phi) is 6.27. The van der Waals surface area contributed by atoms with Crippen molar-refractivity contribution in [3.8, 4) is 5.69 Å². The molecule has 1 atom stereocenters. The minimum Gasteiger partial charge on any atom is -0.376 e. The van der Waals surface area contributed by atoms with E-state index < -0.39 is 28.7 Å². The first-order valence-corrected chi connectivity index (χ1v) is 10.4. The van der Waals surface area contributed by atoms with Gasteiger partial charge in [-0.3, -0.25) is 14.2 Å². The van der Waals surface area contributed by atoms with E-state index in [9.17, 15) is 18.8 Å². The lowest BCUT2D eigenvalue weighted by Crippen LogP contribution is -2.46. The Labute approximate surface area is 183 Å². The van der Waals surface area contributed by atoms with Gasteiger partial charge in [0.15, 0.2) is 0 Å². The van der Waals surface area contributed by atoms with Crippen molar-refractivity contribution in [3.63, 3.8) is 0 Å². The van der Waals surface area contributed by atoms with Gasteiger partial charge in [-0.15, -0.1) is 0 Å². The van der Waals surface area contributed by atoms with Crippen molar-refractivity contribution in [2.75, 3.05) is 13.2 Å². The van der Waals surface area contributed by atoms with Crippen molar-refractivity contribution in [3.05, 3.63) is 92.0 Å². The van der Waals surface area contributed by atoms with Gasteiger partial charge in [-0.25, -0.2) is 9.18 Å². The summed E-state index contributed by atoms with van der Waals surface area (Å²) in [7, 11) is 0. The van der Waals surface area contributed by atoms with E-state index in [4.69, 9.17) is 4.74 Å². The van der Waals surface area contributed by atoms with Gasteiger partial charge < -0.3 is 10.1 Å². The summed E-state index contributed by atoms with van der Waals surface area (Å²) in [5.74, 6) is -1.44. The maximum Gasteiger partial charge on any atom is 0.352 e. The highest BCUT2D eigenvalue weighted by Gasteiger charge is 2.23. The lowest BCUT2D eigenvalue weighted by Gasteiger charge is -2.14. The Bertz CT molecular complexity index is 1260. The van der Waals surface area contributed by atoms with Crippen LogP contribution in [0.1, 0.15) is 34.5 Å². The molecule has 1 N–H and O–H groups in total. The maximum absolute atomic E-state index is 14.4. The van der Waals surface area contributed by atoms with Gasteiger partial charge in [0, 0.05) is 13.2 Å². The van der Waals surface area contributed by atoms with Gasteiger partial charge in [0.05, 0.1) is 12.6 Å². The summed E-state index contributed by atoms with van der Waals surface area (Å²) in [5, 5.41) is 6.59. The molecule has 0 unspecified atom stereocenters. The number of hydrogen-bond donors (Lipinski definition) is 1. The molecule has 1 fully saturated rings. The van der Waals surface area contributed by atoms with Crippen LogP contribution >= 0.6 is 0 Å². The van der Waals surface area contributed by atoms with Crippen molar-refractivity contribution < 1.29 is 13.9 Å². The third-order valence-electron chi connectivity index (χ3n) is 5.29. The minimum absolute atomic E-state index is 0.0810. The second-order valence-electron chi connectivity index (χ2n) is 7.72. The third kappa shape index (κ3) is 4.52. The molecule has 0 aliphatic carbocycles. The Hall–Kier alpha value is -3.59. The summed E-state index contributed by atoms with van der Waals surface area (Å²) >= 11 is 0. The van der Waals surface area contributed by atoms with Crippen LogP contribution < -0.4 is 16.6 Å². The van der Waals surface area contributed by atoms with Gasteiger partial charge in [0.2, 0.25) is 5.69 Å². The maximum atomic E-state index is 14.4. The Balaban J connectivity index is 1.79. The van der Waals surface area contributed by atoms with Crippen molar-refractivity contribution in [2.45, 2.75) is 32.4 Å². The fourth-order valence-corrected chi connectivity index (χ4v) is 3.67. The van der Waals surface area contributed by atoms with Gasteiger partial charge in [0.25, 0.3) is 11.5 Å². The van der Waals surface area contributed by atoms with E-state index in [0.717, 1.165) is 27.7 Å². The molecule has 0 saturated carbocycles. The molecular weight excluding hydrogens is 415 g/mol. The lowest BCUT2D eigenvalue weighted by atomic mass is 10.1. The molecule has 2 heterocycles. The van der Waals surface area contributed by atoms with E-state index in [1.54, 1.807) is 12.1 Å². The molecule has 2 aromatic carbocycles. The van der Waals surface area contributed by atoms with Crippen LogP contribution in [0, 0.1) is 12.7 Å². The second-order valence-corrected chi connectivity index (χ2v) is 7.72. The number of hydrogen-bond acceptors (Lipinski definition) is 5. The lowest BCUT2D eigenvalue weighted by molar-refractivity contribution is 0.0849. The number of nitrogens with one attached hydrogen (secondary N) is 1. The summed E-state index contributed by atoms with van der Waals surface area (Å²) in [6.45, 7) is 2.65. The Morgan fingerprint density at radius 1 is 1.22 bits per heavy atom. The standard InChI is InChI=1S/C23H23FN4O4/c1-15-6-4-7-16(12-15)14-27-22(30)20(21(29)25-13-17-8-5-11-32-17)26-28(23(27)31)19-10-3-2-9-18(19)24/h2-4,6-7,9-10,12,17H,5,8,11,13-14H2,1H3,(H,25,29)/t17-/m0/s1. The number of carbonyl (C=O) groups excluding carboxylic acids is 1. The number of para-hydroxylation sites is 1. The van der Waals surface area contributed by atoms with E-state index in [-0.39, 0.29) is 24.9 Å². The van der Waals surface area contributed by atoms with Crippen molar-refractivity contribution in [1.29, 1.82) is 0 Å². The van der Waals surface area contributed by atoms with Gasteiger partial charge in [-0.1, -0.05) is 42.0 Å². The smallest absolute Gasteiger partial charge is 0.352 e. The highest BCUT2D eigenvalue weighted by molar-refractivity contribution is 5.91. The molecule has 32 heavy (non-hydrogen) atoms. The first kappa shape index (κ1) is 21.6. The molecule has 1 saturated heterocycles. The molecule has 3 aromatic rings. The minimum atomic E-state index is -0.839. The van der Waals surface area contributed by atoms with Crippen LogP contribution in [-0.2, 0) is 11.3 Å². The highest BCUT2D eigenvalue weighted by Crippen LogP contribution is 2.11. The van der Waals surface area contributed by atoms with Crippen LogP contribution in [0.15, 0.2) is 58.1 Å². The van der Waals surface area contributed by atoms with Crippen LogP contribution in [0.2, 0.25) is 0 Å². The van der Waals surface area contributed by atoms with E-state index in [1.807, 2.05) is 25.1 Å². The second kappa shape index (κ2) is 9.27.